The first-order chi connectivity index (χ1) is 10.6. The minimum Gasteiger partial charge on any atom is -0.448 e. The number of esters is 1. The molecule has 2 aromatic rings. The van der Waals surface area contributed by atoms with E-state index in [9.17, 15) is 14.0 Å². The molecule has 1 heterocycles. The van der Waals surface area contributed by atoms with Gasteiger partial charge in [0.15, 0.2) is 11.9 Å². The van der Waals surface area contributed by atoms with Crippen molar-refractivity contribution in [3.8, 4) is 0 Å². The molecule has 0 saturated heterocycles. The lowest BCUT2D eigenvalue weighted by Crippen LogP contribution is -2.38. The lowest BCUT2D eigenvalue weighted by Gasteiger charge is -2.23. The second kappa shape index (κ2) is 5.77. The van der Waals surface area contributed by atoms with Gasteiger partial charge in [0.05, 0.1) is 16.3 Å². The van der Waals surface area contributed by atoms with E-state index in [1.165, 1.54) is 18.2 Å². The number of benzene rings is 2. The fourth-order valence-electron chi connectivity index (χ4n) is 2.29. The zero-order valence-electron chi connectivity index (χ0n) is 11.3. The third-order valence-corrected chi connectivity index (χ3v) is 3.69. The monoisotopic (exact) mass is 319 g/mol. The maximum atomic E-state index is 13.8. The molecular formula is C16H11ClFNO3. The Balaban J connectivity index is 1.80. The summed E-state index contributed by atoms with van der Waals surface area (Å²) in [6.07, 6.45) is -0.753. The number of nitrogens with one attached hydrogen (secondary N) is 1. The summed E-state index contributed by atoms with van der Waals surface area (Å²) in [6.45, 7) is 0. The van der Waals surface area contributed by atoms with E-state index in [1.807, 2.05) is 0 Å². The molecule has 1 atom stereocenters. The van der Waals surface area contributed by atoms with E-state index in [-0.39, 0.29) is 17.1 Å². The molecule has 0 radical (unpaired) electrons. The highest BCUT2D eigenvalue weighted by Gasteiger charge is 2.31. The summed E-state index contributed by atoms with van der Waals surface area (Å²) in [6, 6.07) is 11.2. The number of cyclic esters (lactones) is 1. The standard InChI is InChI=1S/C16H11ClFNO3/c17-11-6-3-7-12(14(11)18)19-15(20)13-8-9-4-1-2-5-10(9)16(21)22-13/h1-7,13H,8H2,(H,19,20). The van der Waals surface area contributed by atoms with Gasteiger partial charge in [0.2, 0.25) is 0 Å². The molecule has 1 amide bonds. The zero-order valence-corrected chi connectivity index (χ0v) is 12.1. The Bertz CT molecular complexity index is 763. The molecule has 2 aromatic carbocycles. The van der Waals surface area contributed by atoms with Crippen molar-refractivity contribution in [2.45, 2.75) is 12.5 Å². The van der Waals surface area contributed by atoms with Gasteiger partial charge in [-0.2, -0.15) is 0 Å². The predicted octanol–water partition coefficient (Wildman–Crippen LogP) is 3.20. The van der Waals surface area contributed by atoms with Crippen LogP contribution < -0.4 is 5.32 Å². The Hall–Kier alpha value is -2.40. The largest absolute Gasteiger partial charge is 0.448 e. The lowest BCUT2D eigenvalue weighted by molar-refractivity contribution is -0.125. The van der Waals surface area contributed by atoms with Crippen molar-refractivity contribution in [1.82, 2.24) is 0 Å². The van der Waals surface area contributed by atoms with Crippen LogP contribution in [0.25, 0.3) is 0 Å². The van der Waals surface area contributed by atoms with Gasteiger partial charge in [-0.3, -0.25) is 4.79 Å². The maximum Gasteiger partial charge on any atom is 0.339 e. The van der Waals surface area contributed by atoms with Gasteiger partial charge in [-0.05, 0) is 23.8 Å². The van der Waals surface area contributed by atoms with Crippen molar-refractivity contribution in [1.29, 1.82) is 0 Å². The molecule has 0 spiro atoms. The van der Waals surface area contributed by atoms with Gasteiger partial charge in [-0.25, -0.2) is 9.18 Å². The summed E-state index contributed by atoms with van der Waals surface area (Å²) in [5.41, 5.74) is 1.12. The summed E-state index contributed by atoms with van der Waals surface area (Å²) >= 11 is 5.66. The zero-order chi connectivity index (χ0) is 15.7. The minimum absolute atomic E-state index is 0.0487. The quantitative estimate of drug-likeness (QED) is 0.865. The number of hydrogen-bond acceptors (Lipinski definition) is 3. The van der Waals surface area contributed by atoms with Crippen LogP contribution in [0.4, 0.5) is 10.1 Å². The van der Waals surface area contributed by atoms with Crippen molar-refractivity contribution >= 4 is 29.2 Å². The number of amides is 1. The topological polar surface area (TPSA) is 55.4 Å². The normalized spacial score (nSPS) is 16.6. The second-order valence-electron chi connectivity index (χ2n) is 4.85. The SMILES string of the molecule is O=C1OC(C(=O)Nc2cccc(Cl)c2F)Cc2ccccc21. The Morgan fingerprint density at radius 2 is 2.00 bits per heavy atom. The third kappa shape index (κ3) is 2.67. The summed E-state index contributed by atoms with van der Waals surface area (Å²) in [5, 5.41) is 2.30. The average molecular weight is 320 g/mol. The van der Waals surface area contributed by atoms with Crippen LogP contribution in [0.5, 0.6) is 0 Å². The Morgan fingerprint density at radius 1 is 1.23 bits per heavy atom. The number of hydrogen-bond donors (Lipinski definition) is 1. The number of carbonyl (C=O) groups is 2. The van der Waals surface area contributed by atoms with Crippen LogP contribution in [0.1, 0.15) is 15.9 Å². The van der Waals surface area contributed by atoms with Gasteiger partial charge >= 0.3 is 5.97 Å². The molecule has 1 aliphatic rings. The van der Waals surface area contributed by atoms with E-state index >= 15 is 0 Å². The fourth-order valence-corrected chi connectivity index (χ4v) is 2.47. The van der Waals surface area contributed by atoms with Crippen LogP contribution in [0.2, 0.25) is 5.02 Å². The van der Waals surface area contributed by atoms with E-state index in [1.54, 1.807) is 24.3 Å². The highest BCUT2D eigenvalue weighted by atomic mass is 35.5. The Labute approximate surface area is 130 Å². The molecule has 3 rings (SSSR count). The smallest absolute Gasteiger partial charge is 0.339 e. The van der Waals surface area contributed by atoms with Crippen LogP contribution >= 0.6 is 11.6 Å². The van der Waals surface area contributed by atoms with Crippen molar-refractivity contribution in [2.24, 2.45) is 0 Å². The second-order valence-corrected chi connectivity index (χ2v) is 5.25. The Kier molecular flexibility index (Phi) is 3.81. The number of halogens is 2. The average Bonchev–Trinajstić information content (AvgIpc) is 2.52. The van der Waals surface area contributed by atoms with Crippen LogP contribution in [-0.2, 0) is 16.0 Å². The first-order valence-corrected chi connectivity index (χ1v) is 6.98. The molecule has 1 unspecified atom stereocenters. The maximum absolute atomic E-state index is 13.8. The highest BCUT2D eigenvalue weighted by molar-refractivity contribution is 6.31. The van der Waals surface area contributed by atoms with E-state index in [0.29, 0.717) is 5.56 Å². The number of ether oxygens (including phenoxy) is 1. The molecule has 22 heavy (non-hydrogen) atoms. The lowest BCUT2D eigenvalue weighted by atomic mass is 9.98. The molecule has 0 fully saturated rings. The number of anilines is 1. The van der Waals surface area contributed by atoms with E-state index in [4.69, 9.17) is 16.3 Å². The predicted molar refractivity (Wildman–Crippen MR) is 79.4 cm³/mol. The molecule has 0 aromatic heterocycles. The van der Waals surface area contributed by atoms with Crippen molar-refractivity contribution in [3.05, 3.63) is 64.4 Å². The van der Waals surface area contributed by atoms with Gasteiger partial charge in [0.1, 0.15) is 0 Å². The molecular weight excluding hydrogens is 309 g/mol. The summed E-state index contributed by atoms with van der Waals surface area (Å²) in [7, 11) is 0. The fraction of sp³-hybridized carbons (Fsp3) is 0.125. The molecule has 6 heteroatoms. The summed E-state index contributed by atoms with van der Waals surface area (Å²) in [4.78, 5) is 24.1. The highest BCUT2D eigenvalue weighted by Crippen LogP contribution is 2.24. The van der Waals surface area contributed by atoms with Crippen LogP contribution in [0.15, 0.2) is 42.5 Å². The van der Waals surface area contributed by atoms with Crippen molar-refractivity contribution in [2.75, 3.05) is 5.32 Å². The minimum atomic E-state index is -0.999. The van der Waals surface area contributed by atoms with Crippen molar-refractivity contribution < 1.29 is 18.7 Å². The molecule has 0 aliphatic carbocycles. The number of fused-ring (bicyclic) bond motifs is 1. The summed E-state index contributed by atoms with van der Waals surface area (Å²) < 4.78 is 18.9. The van der Waals surface area contributed by atoms with Gasteiger partial charge in [-0.15, -0.1) is 0 Å². The first-order valence-electron chi connectivity index (χ1n) is 6.60. The molecule has 112 valence electrons. The number of rotatable bonds is 2. The number of carbonyl (C=O) groups excluding carboxylic acids is 2. The van der Waals surface area contributed by atoms with Gasteiger partial charge in [0.25, 0.3) is 5.91 Å². The molecule has 0 saturated carbocycles. The molecule has 1 aliphatic heterocycles. The van der Waals surface area contributed by atoms with E-state index < -0.39 is 23.8 Å². The first kappa shape index (κ1) is 14.5. The summed E-state index contributed by atoms with van der Waals surface area (Å²) in [5.74, 6) is -1.88. The van der Waals surface area contributed by atoms with Gasteiger partial charge in [-0.1, -0.05) is 35.9 Å². The molecule has 0 bridgehead atoms. The van der Waals surface area contributed by atoms with E-state index in [2.05, 4.69) is 5.32 Å². The molecule has 1 N–H and O–H groups in total. The van der Waals surface area contributed by atoms with E-state index in [0.717, 1.165) is 5.56 Å². The Morgan fingerprint density at radius 3 is 2.82 bits per heavy atom. The van der Waals surface area contributed by atoms with Gasteiger partial charge in [0, 0.05) is 6.42 Å². The third-order valence-electron chi connectivity index (χ3n) is 3.39. The van der Waals surface area contributed by atoms with Gasteiger partial charge < -0.3 is 10.1 Å². The van der Waals surface area contributed by atoms with Crippen LogP contribution in [0, 0.1) is 5.82 Å². The van der Waals surface area contributed by atoms with Crippen LogP contribution in [0.3, 0.4) is 0 Å². The molecule has 4 nitrogen and oxygen atoms in total. The van der Waals surface area contributed by atoms with Crippen LogP contribution in [-0.4, -0.2) is 18.0 Å². The van der Waals surface area contributed by atoms with Crippen molar-refractivity contribution in [3.63, 3.8) is 0 Å².